The van der Waals surface area contributed by atoms with Gasteiger partial charge in [0.05, 0.1) is 4.92 Å². The molecule has 0 radical (unpaired) electrons. The van der Waals surface area contributed by atoms with Crippen LogP contribution in [0.4, 0.5) is 15.6 Å². The standard InChI is InChI=1S/C19H19N7O12S2.Na/c20-18-22-11(8-39-18)14(24-38-7-13(27)36-5-9-1-3-10(4-2-9)26(31)32)16(28)23-15-12(6-37-19(21)30)25(17(15)29)40(33,34)35;/h1-4,8,12,15H,5-7H2,(H2,20,22)(H2,21,30)(H,23,28)(H,33,34,35);/q;+1/t12-,15+;/m1./s1. The minimum absolute atomic E-state index is 0. The number of hydrogen-bond donors (Lipinski definition) is 4. The first-order valence-corrected chi connectivity index (χ1v) is 12.9. The van der Waals surface area contributed by atoms with Crippen molar-refractivity contribution in [3.05, 3.63) is 51.0 Å². The monoisotopic (exact) mass is 624 g/mol. The molecule has 1 aromatic heterocycles. The Labute approximate surface area is 256 Å². The molecule has 1 aliphatic rings. The molecule has 22 heteroatoms. The predicted molar refractivity (Wildman–Crippen MR) is 132 cm³/mol. The average Bonchev–Trinajstić information content (AvgIpc) is 3.30. The molecule has 19 nitrogen and oxygen atoms in total. The first kappa shape index (κ1) is 33.3. The third-order valence-corrected chi connectivity index (χ3v) is 6.59. The molecule has 1 saturated heterocycles. The van der Waals surface area contributed by atoms with E-state index in [4.69, 9.17) is 21.0 Å². The van der Waals surface area contributed by atoms with E-state index in [1.54, 1.807) is 0 Å². The third-order valence-electron chi connectivity index (χ3n) is 4.97. The fourth-order valence-electron chi connectivity index (χ4n) is 3.17. The van der Waals surface area contributed by atoms with Crippen molar-refractivity contribution in [3.63, 3.8) is 0 Å². The summed E-state index contributed by atoms with van der Waals surface area (Å²) < 4.78 is 41.7. The molecule has 1 aliphatic heterocycles. The normalized spacial score (nSPS) is 16.6. The van der Waals surface area contributed by atoms with Crippen molar-refractivity contribution in [1.29, 1.82) is 0 Å². The Morgan fingerprint density at radius 1 is 1.24 bits per heavy atom. The number of esters is 1. The summed E-state index contributed by atoms with van der Waals surface area (Å²) in [6.07, 6.45) is -1.31. The molecule has 3 rings (SSSR count). The van der Waals surface area contributed by atoms with Crippen molar-refractivity contribution >= 4 is 62.0 Å². The molecule has 1 aromatic carbocycles. The van der Waals surface area contributed by atoms with Crippen LogP contribution in [0.2, 0.25) is 0 Å². The van der Waals surface area contributed by atoms with Gasteiger partial charge in [0.15, 0.2) is 10.8 Å². The number of carbonyl (C=O) groups excluding carboxylic acids is 4. The van der Waals surface area contributed by atoms with Gasteiger partial charge < -0.3 is 31.1 Å². The number of nitro benzene ring substituents is 1. The van der Waals surface area contributed by atoms with Crippen LogP contribution < -0.4 is 46.3 Å². The van der Waals surface area contributed by atoms with Gasteiger partial charge in [-0.05, 0) is 17.7 Å². The zero-order chi connectivity index (χ0) is 29.6. The van der Waals surface area contributed by atoms with Crippen LogP contribution in [0.15, 0.2) is 34.8 Å². The number of nitrogen functional groups attached to an aromatic ring is 1. The summed E-state index contributed by atoms with van der Waals surface area (Å²) >= 11 is 0.911. The molecule has 0 spiro atoms. The third kappa shape index (κ3) is 8.80. The summed E-state index contributed by atoms with van der Waals surface area (Å²) in [5.74, 6) is -3.33. The van der Waals surface area contributed by atoms with E-state index in [1.807, 2.05) is 0 Å². The summed E-state index contributed by atoms with van der Waals surface area (Å²) in [6, 6.07) is 2.05. The van der Waals surface area contributed by atoms with Gasteiger partial charge >= 0.3 is 51.9 Å². The Balaban J connectivity index is 0.00000588. The maximum atomic E-state index is 12.9. The number of thiazole rings is 1. The van der Waals surface area contributed by atoms with E-state index >= 15 is 0 Å². The number of aromatic nitrogens is 1. The van der Waals surface area contributed by atoms with E-state index in [2.05, 4.69) is 20.2 Å². The number of oxime groups is 1. The maximum absolute atomic E-state index is 12.9. The van der Waals surface area contributed by atoms with Crippen LogP contribution in [0, 0.1) is 10.1 Å². The van der Waals surface area contributed by atoms with Crippen molar-refractivity contribution in [2.24, 2.45) is 10.9 Å². The number of nitrogens with two attached hydrogens (primary N) is 2. The molecule has 1 fully saturated rings. The number of carbonyl (C=O) groups is 4. The molecule has 3 amide bonds. The SMILES string of the molecule is NC(=O)OC[C@@H]1[C@H](NC(=O)C(=NOCC(=O)OCc2ccc([N+](=O)[O-])cc2)c2csc(N)n2)C(=O)N1S(=O)(=O)O.[Na+]. The molecule has 6 N–H and O–H groups in total. The van der Waals surface area contributed by atoms with Crippen LogP contribution in [-0.2, 0) is 45.6 Å². The molecule has 0 unspecified atom stereocenters. The molecular weight excluding hydrogens is 605 g/mol. The first-order valence-electron chi connectivity index (χ1n) is 10.6. The molecule has 0 saturated carbocycles. The van der Waals surface area contributed by atoms with E-state index in [0.29, 0.717) is 5.56 Å². The second kappa shape index (κ2) is 14.1. The number of primary amides is 1. The number of rotatable bonds is 12. The zero-order valence-electron chi connectivity index (χ0n) is 20.9. The average molecular weight is 625 g/mol. The number of nitrogens with one attached hydrogen (secondary N) is 1. The van der Waals surface area contributed by atoms with Gasteiger partial charge in [-0.15, -0.1) is 11.3 Å². The van der Waals surface area contributed by atoms with Gasteiger partial charge in [-0.2, -0.15) is 8.42 Å². The molecule has 0 aliphatic carbocycles. The largest absolute Gasteiger partial charge is 1.00 e. The predicted octanol–water partition coefficient (Wildman–Crippen LogP) is -4.30. The summed E-state index contributed by atoms with van der Waals surface area (Å²) in [4.78, 5) is 67.0. The minimum atomic E-state index is -5.07. The number of β-lactam (4-membered cyclic amide) rings is 1. The van der Waals surface area contributed by atoms with Crippen LogP contribution in [0.25, 0.3) is 0 Å². The Bertz CT molecular complexity index is 1460. The molecule has 214 valence electrons. The van der Waals surface area contributed by atoms with Crippen LogP contribution in [0.3, 0.4) is 0 Å². The fraction of sp³-hybridized carbons (Fsp3) is 0.263. The Kier molecular flexibility index (Phi) is 11.5. The van der Waals surface area contributed by atoms with Crippen LogP contribution in [0.5, 0.6) is 0 Å². The topological polar surface area (TPSA) is 286 Å². The van der Waals surface area contributed by atoms with E-state index in [1.165, 1.54) is 29.6 Å². The van der Waals surface area contributed by atoms with Gasteiger partial charge in [-0.25, -0.2) is 18.9 Å². The number of hydrogen-bond acceptors (Lipinski definition) is 15. The second-order valence-electron chi connectivity index (χ2n) is 7.63. The van der Waals surface area contributed by atoms with E-state index < -0.39 is 70.1 Å². The molecule has 2 atom stereocenters. The smallest absolute Gasteiger partial charge is 0.458 e. The quantitative estimate of drug-likeness (QED) is 0.0331. The van der Waals surface area contributed by atoms with Crippen molar-refractivity contribution in [3.8, 4) is 0 Å². The van der Waals surface area contributed by atoms with E-state index in [0.717, 1.165) is 11.3 Å². The number of ether oxygens (including phenoxy) is 2. The summed E-state index contributed by atoms with van der Waals surface area (Å²) in [7, 11) is -5.07. The Hall–Kier alpha value is -3.89. The second-order valence-corrected chi connectivity index (χ2v) is 9.81. The molecule has 2 heterocycles. The maximum Gasteiger partial charge on any atom is 1.00 e. The fourth-order valence-corrected chi connectivity index (χ4v) is 4.59. The van der Waals surface area contributed by atoms with Gasteiger partial charge in [-0.1, -0.05) is 5.16 Å². The van der Waals surface area contributed by atoms with Gasteiger partial charge in [0.2, 0.25) is 6.61 Å². The number of benzene rings is 1. The zero-order valence-corrected chi connectivity index (χ0v) is 24.5. The van der Waals surface area contributed by atoms with Crippen molar-refractivity contribution in [1.82, 2.24) is 14.6 Å². The Morgan fingerprint density at radius 2 is 1.90 bits per heavy atom. The summed E-state index contributed by atoms with van der Waals surface area (Å²) in [5, 5.41) is 17.7. The molecule has 41 heavy (non-hydrogen) atoms. The first-order chi connectivity index (χ1) is 18.8. The van der Waals surface area contributed by atoms with E-state index in [-0.39, 0.29) is 57.0 Å². The van der Waals surface area contributed by atoms with Crippen LogP contribution in [-0.4, -0.2) is 82.1 Å². The van der Waals surface area contributed by atoms with Crippen LogP contribution in [0.1, 0.15) is 11.3 Å². The van der Waals surface area contributed by atoms with Gasteiger partial charge in [0, 0.05) is 17.5 Å². The number of nitro groups is 1. The summed E-state index contributed by atoms with van der Waals surface area (Å²) in [6.45, 7) is -1.83. The minimum Gasteiger partial charge on any atom is -0.458 e. The molecule has 2 aromatic rings. The Morgan fingerprint density at radius 3 is 2.44 bits per heavy atom. The number of anilines is 1. The van der Waals surface area contributed by atoms with Crippen molar-refractivity contribution in [2.45, 2.75) is 18.7 Å². The number of nitrogens with zero attached hydrogens (tertiary/aromatic N) is 4. The summed E-state index contributed by atoms with van der Waals surface area (Å²) in [5.41, 5.74) is 10.0. The van der Waals surface area contributed by atoms with Gasteiger partial charge in [-0.3, -0.25) is 24.3 Å². The van der Waals surface area contributed by atoms with Gasteiger partial charge in [0.25, 0.3) is 17.5 Å². The van der Waals surface area contributed by atoms with Crippen LogP contribution >= 0.6 is 11.3 Å². The van der Waals surface area contributed by atoms with Gasteiger partial charge in [0.1, 0.15) is 31.0 Å². The number of amides is 3. The van der Waals surface area contributed by atoms with E-state index in [9.17, 15) is 42.3 Å². The van der Waals surface area contributed by atoms with Crippen molar-refractivity contribution < 1.29 is 80.9 Å². The number of non-ortho nitro benzene ring substituents is 1. The molecular formula is C19H19N7NaO12S2+. The van der Waals surface area contributed by atoms with Crippen molar-refractivity contribution in [2.75, 3.05) is 18.9 Å². The molecule has 0 bridgehead atoms.